The number of hydrogen-bond donors (Lipinski definition) is 1. The molecule has 0 amide bonds. The molecular weight excluding hydrogens is 248 g/mol. The zero-order valence-electron chi connectivity index (χ0n) is 7.31. The summed E-state index contributed by atoms with van der Waals surface area (Å²) in [7, 11) is 0. The Morgan fingerprint density at radius 3 is 3.00 bits per heavy atom. The molecule has 0 unspecified atom stereocenters. The van der Waals surface area contributed by atoms with Crippen LogP contribution >= 0.6 is 15.9 Å². The predicted octanol–water partition coefficient (Wildman–Crippen LogP) is 2.47. The van der Waals surface area contributed by atoms with Crippen LogP contribution in [0.4, 0.5) is 0 Å². The maximum atomic E-state index is 10.1. The highest BCUT2D eigenvalue weighted by atomic mass is 79.9. The lowest BCUT2D eigenvalue weighted by molar-refractivity contribution is -0.131. The van der Waals surface area contributed by atoms with Crippen LogP contribution in [0, 0.1) is 0 Å². The van der Waals surface area contributed by atoms with E-state index in [1.807, 2.05) is 18.2 Å². The van der Waals surface area contributed by atoms with Gasteiger partial charge < -0.3 is 9.84 Å². The van der Waals surface area contributed by atoms with Gasteiger partial charge in [0.05, 0.1) is 0 Å². The van der Waals surface area contributed by atoms with Gasteiger partial charge in [-0.3, -0.25) is 0 Å². The second-order valence-corrected chi connectivity index (χ2v) is 3.42. The molecule has 3 nitrogen and oxygen atoms in total. The average Bonchev–Trinajstić information content (AvgIpc) is 2.12. The van der Waals surface area contributed by atoms with Gasteiger partial charge in [0, 0.05) is 10.5 Å². The fourth-order valence-corrected chi connectivity index (χ4v) is 1.23. The second kappa shape index (κ2) is 5.44. The lowest BCUT2D eigenvalue weighted by Crippen LogP contribution is -1.95. The van der Waals surface area contributed by atoms with Crippen molar-refractivity contribution in [2.24, 2.45) is 0 Å². The quantitative estimate of drug-likeness (QED) is 0.843. The van der Waals surface area contributed by atoms with Gasteiger partial charge in [-0.25, -0.2) is 4.79 Å². The Balaban J connectivity index is 2.42. The summed E-state index contributed by atoms with van der Waals surface area (Å²) in [5.74, 6) is -0.266. The van der Waals surface area contributed by atoms with Crippen molar-refractivity contribution in [2.75, 3.05) is 6.61 Å². The highest BCUT2D eigenvalue weighted by Crippen LogP contribution is 2.17. The molecule has 74 valence electrons. The first-order valence-electron chi connectivity index (χ1n) is 3.96. The van der Waals surface area contributed by atoms with Gasteiger partial charge in [0.15, 0.2) is 0 Å². The molecule has 0 aliphatic heterocycles. The molecule has 0 aliphatic carbocycles. The van der Waals surface area contributed by atoms with Crippen molar-refractivity contribution in [3.63, 3.8) is 0 Å². The largest absolute Gasteiger partial charge is 0.489 e. The van der Waals surface area contributed by atoms with E-state index in [4.69, 9.17) is 9.84 Å². The Hall–Kier alpha value is -1.29. The number of carboxylic acid groups (broad SMARTS) is 1. The Bertz CT molecular complexity index is 347. The van der Waals surface area contributed by atoms with Crippen LogP contribution in [-0.4, -0.2) is 17.7 Å². The minimum Gasteiger partial charge on any atom is -0.489 e. The zero-order valence-corrected chi connectivity index (χ0v) is 8.90. The van der Waals surface area contributed by atoms with Crippen LogP contribution in [0.3, 0.4) is 0 Å². The number of carbonyl (C=O) groups is 1. The molecule has 0 aromatic heterocycles. The van der Waals surface area contributed by atoms with E-state index in [1.165, 1.54) is 6.08 Å². The molecule has 0 bridgehead atoms. The number of rotatable bonds is 4. The molecule has 1 N–H and O–H groups in total. The average molecular weight is 257 g/mol. The third-order valence-corrected chi connectivity index (χ3v) is 1.90. The lowest BCUT2D eigenvalue weighted by Gasteiger charge is -2.02. The number of carboxylic acids is 1. The number of hydrogen-bond acceptors (Lipinski definition) is 2. The summed E-state index contributed by atoms with van der Waals surface area (Å²) in [6, 6.07) is 7.36. The van der Waals surface area contributed by atoms with E-state index in [-0.39, 0.29) is 6.61 Å². The molecule has 0 radical (unpaired) electrons. The fourth-order valence-electron chi connectivity index (χ4n) is 0.850. The maximum absolute atomic E-state index is 10.1. The smallest absolute Gasteiger partial charge is 0.328 e. The second-order valence-electron chi connectivity index (χ2n) is 2.51. The summed E-state index contributed by atoms with van der Waals surface area (Å²) in [5.41, 5.74) is 0. The van der Waals surface area contributed by atoms with Gasteiger partial charge in [-0.2, -0.15) is 0 Å². The molecule has 0 saturated heterocycles. The monoisotopic (exact) mass is 256 g/mol. The van der Waals surface area contributed by atoms with Crippen LogP contribution in [0.1, 0.15) is 0 Å². The van der Waals surface area contributed by atoms with Crippen LogP contribution in [0.25, 0.3) is 0 Å². The van der Waals surface area contributed by atoms with Gasteiger partial charge in [0.1, 0.15) is 12.4 Å². The summed E-state index contributed by atoms with van der Waals surface area (Å²) in [5, 5.41) is 8.30. The van der Waals surface area contributed by atoms with Crippen molar-refractivity contribution in [1.82, 2.24) is 0 Å². The Morgan fingerprint density at radius 2 is 2.36 bits per heavy atom. The highest BCUT2D eigenvalue weighted by molar-refractivity contribution is 9.10. The van der Waals surface area contributed by atoms with Crippen molar-refractivity contribution >= 4 is 21.9 Å². The molecule has 14 heavy (non-hydrogen) atoms. The topological polar surface area (TPSA) is 46.5 Å². The standard InChI is InChI=1S/C10H9BrO3/c11-8-3-1-4-9(7-8)14-6-2-5-10(12)13/h1-5,7H,6H2,(H,12,13). The van der Waals surface area contributed by atoms with Gasteiger partial charge in [0.25, 0.3) is 0 Å². The number of aliphatic carboxylic acids is 1. The van der Waals surface area contributed by atoms with E-state index >= 15 is 0 Å². The first kappa shape index (κ1) is 10.8. The predicted molar refractivity (Wildman–Crippen MR) is 56.4 cm³/mol. The van der Waals surface area contributed by atoms with Crippen molar-refractivity contribution in [3.8, 4) is 5.75 Å². The van der Waals surface area contributed by atoms with E-state index < -0.39 is 5.97 Å². The van der Waals surface area contributed by atoms with Gasteiger partial charge in [-0.05, 0) is 24.3 Å². The first-order valence-corrected chi connectivity index (χ1v) is 4.75. The molecule has 0 atom stereocenters. The highest BCUT2D eigenvalue weighted by Gasteiger charge is 1.92. The van der Waals surface area contributed by atoms with Crippen molar-refractivity contribution in [3.05, 3.63) is 40.9 Å². The summed E-state index contributed by atoms with van der Waals surface area (Å²) in [6.45, 7) is 0.253. The summed E-state index contributed by atoms with van der Waals surface area (Å²) in [4.78, 5) is 10.1. The van der Waals surface area contributed by atoms with E-state index in [9.17, 15) is 4.79 Å². The molecule has 0 saturated carbocycles. The van der Waals surface area contributed by atoms with Crippen LogP contribution < -0.4 is 4.74 Å². The SMILES string of the molecule is O=C(O)C=CCOc1cccc(Br)c1. The van der Waals surface area contributed by atoms with Crippen LogP contribution in [0.15, 0.2) is 40.9 Å². The Labute approximate surface area is 90.1 Å². The van der Waals surface area contributed by atoms with Gasteiger partial charge in [-0.15, -0.1) is 0 Å². The summed E-state index contributed by atoms with van der Waals surface area (Å²) < 4.78 is 6.19. The molecule has 0 aliphatic rings. The fraction of sp³-hybridized carbons (Fsp3) is 0.100. The minimum atomic E-state index is -0.970. The van der Waals surface area contributed by atoms with Gasteiger partial charge in [0.2, 0.25) is 0 Å². The van der Waals surface area contributed by atoms with Gasteiger partial charge in [-0.1, -0.05) is 22.0 Å². The molecule has 0 heterocycles. The maximum Gasteiger partial charge on any atom is 0.328 e. The molecular formula is C10H9BrO3. The minimum absolute atomic E-state index is 0.253. The molecule has 1 rings (SSSR count). The summed E-state index contributed by atoms with van der Waals surface area (Å²) >= 11 is 3.30. The summed E-state index contributed by atoms with van der Waals surface area (Å²) in [6.07, 6.45) is 2.50. The Kier molecular flexibility index (Phi) is 4.19. The normalized spacial score (nSPS) is 10.4. The molecule has 0 fully saturated rings. The molecule has 0 spiro atoms. The molecule has 1 aromatic carbocycles. The Morgan fingerprint density at radius 1 is 1.57 bits per heavy atom. The third kappa shape index (κ3) is 4.09. The van der Waals surface area contributed by atoms with E-state index in [2.05, 4.69) is 15.9 Å². The van der Waals surface area contributed by atoms with Crippen molar-refractivity contribution < 1.29 is 14.6 Å². The molecule has 4 heteroatoms. The zero-order chi connectivity index (χ0) is 10.4. The molecule has 1 aromatic rings. The van der Waals surface area contributed by atoms with Crippen LogP contribution in [0.2, 0.25) is 0 Å². The lowest BCUT2D eigenvalue weighted by atomic mass is 10.3. The number of ether oxygens (including phenoxy) is 1. The van der Waals surface area contributed by atoms with Crippen molar-refractivity contribution in [1.29, 1.82) is 0 Å². The number of benzene rings is 1. The third-order valence-electron chi connectivity index (χ3n) is 1.40. The van der Waals surface area contributed by atoms with Gasteiger partial charge >= 0.3 is 5.97 Å². The first-order chi connectivity index (χ1) is 6.68. The van der Waals surface area contributed by atoms with E-state index in [0.29, 0.717) is 5.75 Å². The van der Waals surface area contributed by atoms with Crippen LogP contribution in [-0.2, 0) is 4.79 Å². The van der Waals surface area contributed by atoms with Crippen LogP contribution in [0.5, 0.6) is 5.75 Å². The van der Waals surface area contributed by atoms with Crippen molar-refractivity contribution in [2.45, 2.75) is 0 Å². The number of halogens is 1. The van der Waals surface area contributed by atoms with E-state index in [0.717, 1.165) is 10.5 Å². The van der Waals surface area contributed by atoms with E-state index in [1.54, 1.807) is 6.07 Å².